The van der Waals surface area contributed by atoms with E-state index in [0.717, 1.165) is 11.1 Å². The van der Waals surface area contributed by atoms with E-state index in [2.05, 4.69) is 27.7 Å². The Hall–Kier alpha value is -1.51. The zero-order chi connectivity index (χ0) is 18.1. The van der Waals surface area contributed by atoms with Gasteiger partial charge in [0.25, 0.3) is 0 Å². The maximum absolute atomic E-state index is 6.35. The van der Waals surface area contributed by atoms with E-state index in [0.29, 0.717) is 21.5 Å². The molecule has 0 amide bonds. The molecule has 0 fully saturated rings. The Labute approximate surface area is 154 Å². The van der Waals surface area contributed by atoms with Crippen molar-refractivity contribution >= 4 is 23.2 Å². The normalized spacial score (nSPS) is 12.1. The van der Waals surface area contributed by atoms with Gasteiger partial charge >= 0.3 is 0 Å². The summed E-state index contributed by atoms with van der Waals surface area (Å²) in [7, 11) is 3.21. The molecule has 24 heavy (non-hydrogen) atoms. The van der Waals surface area contributed by atoms with Crippen LogP contribution in [-0.2, 0) is 5.41 Å². The summed E-state index contributed by atoms with van der Waals surface area (Å²) >= 11 is 12.7. The molecule has 2 rings (SSSR count). The summed E-state index contributed by atoms with van der Waals surface area (Å²) in [6.07, 6.45) is 0. The Kier molecular flexibility index (Phi) is 5.31. The summed E-state index contributed by atoms with van der Waals surface area (Å²) < 4.78 is 10.5. The van der Waals surface area contributed by atoms with Gasteiger partial charge in [0.05, 0.1) is 31.2 Å². The Morgan fingerprint density at radius 1 is 0.792 bits per heavy atom. The second-order valence-electron chi connectivity index (χ2n) is 6.85. The van der Waals surface area contributed by atoms with Crippen LogP contribution in [0.4, 0.5) is 0 Å². The molecule has 0 saturated carbocycles. The minimum atomic E-state index is -0.543. The standard InChI is InChI=1S/C20H23Cl2O2/c1-19(2,3)20(4,13-7-9-17(23-5)15(21)11-13)14-8-10-18(24-6)16(22)12-14/h7-12H,4H2,1-3,5-6H3/q+1. The second kappa shape index (κ2) is 6.78. The fraction of sp³-hybridized carbons (Fsp3) is 0.350. The molecule has 0 aromatic heterocycles. The Morgan fingerprint density at radius 3 is 1.42 bits per heavy atom. The molecule has 0 aliphatic heterocycles. The van der Waals surface area contributed by atoms with Gasteiger partial charge in [-0.1, -0.05) is 56.1 Å². The fourth-order valence-electron chi connectivity index (χ4n) is 2.90. The molecule has 0 N–H and O–H groups in total. The number of methoxy groups -OCH3 is 2. The third-order valence-electron chi connectivity index (χ3n) is 4.57. The highest BCUT2D eigenvalue weighted by molar-refractivity contribution is 6.32. The zero-order valence-electron chi connectivity index (χ0n) is 14.7. The van der Waals surface area contributed by atoms with Gasteiger partial charge in [-0.05, 0) is 24.3 Å². The molecule has 0 saturated heterocycles. The van der Waals surface area contributed by atoms with Gasteiger partial charge in [0.1, 0.15) is 11.5 Å². The van der Waals surface area contributed by atoms with Crippen molar-refractivity contribution in [2.45, 2.75) is 26.2 Å². The van der Waals surface area contributed by atoms with Crippen LogP contribution in [-0.4, -0.2) is 14.2 Å². The van der Waals surface area contributed by atoms with E-state index in [9.17, 15) is 0 Å². The van der Waals surface area contributed by atoms with Crippen molar-refractivity contribution in [3.05, 3.63) is 64.5 Å². The summed E-state index contributed by atoms with van der Waals surface area (Å²) in [6.45, 7) is 11.0. The van der Waals surface area contributed by atoms with Gasteiger partial charge in [0, 0.05) is 16.5 Å². The van der Waals surface area contributed by atoms with Crippen LogP contribution in [0, 0.1) is 12.3 Å². The SMILES string of the molecule is [CH2+]C(c1ccc(OC)c(Cl)c1)(c1ccc(OC)c(Cl)c1)C(C)(C)C. The van der Waals surface area contributed by atoms with Gasteiger partial charge in [0.15, 0.2) is 5.41 Å². The lowest BCUT2D eigenvalue weighted by Gasteiger charge is -2.37. The van der Waals surface area contributed by atoms with E-state index in [1.54, 1.807) is 14.2 Å². The van der Waals surface area contributed by atoms with E-state index in [4.69, 9.17) is 32.7 Å². The van der Waals surface area contributed by atoms with Gasteiger partial charge < -0.3 is 9.47 Å². The van der Waals surface area contributed by atoms with Gasteiger partial charge in [0.2, 0.25) is 0 Å². The highest BCUT2D eigenvalue weighted by Crippen LogP contribution is 2.48. The number of hydrogen-bond acceptors (Lipinski definition) is 2. The molecule has 128 valence electrons. The molecule has 4 heteroatoms. The number of ether oxygens (including phenoxy) is 2. The molecule has 0 aliphatic carbocycles. The van der Waals surface area contributed by atoms with E-state index in [1.165, 1.54) is 0 Å². The topological polar surface area (TPSA) is 18.5 Å². The molecule has 0 heterocycles. The van der Waals surface area contributed by atoms with Crippen LogP contribution in [0.2, 0.25) is 10.0 Å². The van der Waals surface area contributed by atoms with Crippen LogP contribution in [0.15, 0.2) is 36.4 Å². The Morgan fingerprint density at radius 2 is 1.17 bits per heavy atom. The zero-order valence-corrected chi connectivity index (χ0v) is 16.3. The molecule has 2 aromatic carbocycles. The molecule has 0 atom stereocenters. The molecule has 0 spiro atoms. The summed E-state index contributed by atoms with van der Waals surface area (Å²) in [5.74, 6) is 1.29. The summed E-state index contributed by atoms with van der Waals surface area (Å²) in [5, 5.41) is 1.12. The van der Waals surface area contributed by atoms with Gasteiger partial charge in [-0.25, -0.2) is 0 Å². The fourth-order valence-corrected chi connectivity index (χ4v) is 3.41. The van der Waals surface area contributed by atoms with Crippen molar-refractivity contribution < 1.29 is 9.47 Å². The van der Waals surface area contributed by atoms with Crippen molar-refractivity contribution in [1.82, 2.24) is 0 Å². The van der Waals surface area contributed by atoms with Crippen molar-refractivity contribution in [3.63, 3.8) is 0 Å². The maximum atomic E-state index is 6.35. The van der Waals surface area contributed by atoms with Crippen molar-refractivity contribution in [2.24, 2.45) is 5.41 Å². The lowest BCUT2D eigenvalue weighted by atomic mass is 9.60. The predicted octanol–water partition coefficient (Wildman–Crippen LogP) is 6.18. The highest BCUT2D eigenvalue weighted by atomic mass is 35.5. The third-order valence-corrected chi connectivity index (χ3v) is 5.16. The third kappa shape index (κ3) is 3.18. The summed E-state index contributed by atoms with van der Waals surface area (Å²) in [5.41, 5.74) is 1.28. The second-order valence-corrected chi connectivity index (χ2v) is 7.67. The summed E-state index contributed by atoms with van der Waals surface area (Å²) in [4.78, 5) is 0. The average Bonchev–Trinajstić information content (AvgIpc) is 2.52. The van der Waals surface area contributed by atoms with E-state index >= 15 is 0 Å². The van der Waals surface area contributed by atoms with Gasteiger partial charge in [-0.3, -0.25) is 0 Å². The minimum absolute atomic E-state index is 0.178. The molecule has 0 radical (unpaired) electrons. The lowest BCUT2D eigenvalue weighted by Crippen LogP contribution is -2.38. The number of hydrogen-bond donors (Lipinski definition) is 0. The molecule has 0 bridgehead atoms. The Bertz CT molecular complexity index is 679. The minimum Gasteiger partial charge on any atom is -0.495 e. The molecule has 2 nitrogen and oxygen atoms in total. The van der Waals surface area contributed by atoms with Crippen molar-refractivity contribution in [1.29, 1.82) is 0 Å². The largest absolute Gasteiger partial charge is 0.495 e. The van der Waals surface area contributed by atoms with Gasteiger partial charge in [-0.2, -0.15) is 0 Å². The highest BCUT2D eigenvalue weighted by Gasteiger charge is 2.48. The average molecular weight is 366 g/mol. The molecular formula is C20H23Cl2O2+. The van der Waals surface area contributed by atoms with Crippen LogP contribution in [0.1, 0.15) is 31.9 Å². The monoisotopic (exact) mass is 365 g/mol. The first-order valence-corrected chi connectivity index (χ1v) is 8.44. The van der Waals surface area contributed by atoms with E-state index < -0.39 is 5.41 Å². The van der Waals surface area contributed by atoms with Crippen LogP contribution >= 0.6 is 23.2 Å². The van der Waals surface area contributed by atoms with Crippen LogP contribution in [0.25, 0.3) is 0 Å². The quantitative estimate of drug-likeness (QED) is 0.602. The first-order valence-electron chi connectivity index (χ1n) is 7.68. The predicted molar refractivity (Wildman–Crippen MR) is 102 cm³/mol. The first kappa shape index (κ1) is 18.8. The number of rotatable bonds is 4. The van der Waals surface area contributed by atoms with E-state index in [-0.39, 0.29) is 5.41 Å². The first-order chi connectivity index (χ1) is 11.1. The van der Waals surface area contributed by atoms with Crippen LogP contribution < -0.4 is 9.47 Å². The summed E-state index contributed by atoms with van der Waals surface area (Å²) in [6, 6.07) is 11.6. The molecular weight excluding hydrogens is 343 g/mol. The molecule has 0 unspecified atom stereocenters. The molecule has 2 aromatic rings. The van der Waals surface area contributed by atoms with Crippen LogP contribution in [0.3, 0.4) is 0 Å². The number of benzene rings is 2. The molecule has 0 aliphatic rings. The Balaban J connectivity index is 2.68. The van der Waals surface area contributed by atoms with Crippen molar-refractivity contribution in [2.75, 3.05) is 14.2 Å². The van der Waals surface area contributed by atoms with Gasteiger partial charge in [-0.15, -0.1) is 0 Å². The van der Waals surface area contributed by atoms with Crippen LogP contribution in [0.5, 0.6) is 11.5 Å². The van der Waals surface area contributed by atoms with E-state index in [1.807, 2.05) is 36.4 Å². The van der Waals surface area contributed by atoms with Crippen molar-refractivity contribution in [3.8, 4) is 11.5 Å². The lowest BCUT2D eigenvalue weighted by molar-refractivity contribution is 0.278. The number of halogens is 2. The maximum Gasteiger partial charge on any atom is 0.160 e. The smallest absolute Gasteiger partial charge is 0.160 e.